The molecule has 0 aromatic rings. The number of primary amides is 1. The van der Waals surface area contributed by atoms with E-state index in [9.17, 15) is 9.59 Å². The van der Waals surface area contributed by atoms with Gasteiger partial charge in [0.25, 0.3) is 0 Å². The van der Waals surface area contributed by atoms with Crippen molar-refractivity contribution in [1.29, 1.82) is 0 Å². The van der Waals surface area contributed by atoms with Crippen LogP contribution in [0.3, 0.4) is 0 Å². The smallest absolute Gasteiger partial charge is 0.224 e. The quantitative estimate of drug-likeness (QED) is 0.619. The number of hydrogen-bond acceptors (Lipinski definition) is 2. The molecule has 4 heteroatoms. The number of rotatable bonds is 2. The Labute approximate surface area is 76.9 Å². The first-order valence-corrected chi connectivity index (χ1v) is 4.74. The highest BCUT2D eigenvalue weighted by Crippen LogP contribution is 2.53. The Morgan fingerprint density at radius 1 is 1.54 bits per heavy atom. The van der Waals surface area contributed by atoms with Gasteiger partial charge in [0, 0.05) is 6.54 Å². The number of carbonyl (C=O) groups excluding carboxylic acids is 2. The van der Waals surface area contributed by atoms with Crippen molar-refractivity contribution in [3.63, 3.8) is 0 Å². The minimum absolute atomic E-state index is 0.0163. The molecule has 0 aromatic carbocycles. The number of amides is 2. The summed E-state index contributed by atoms with van der Waals surface area (Å²) in [7, 11) is 0. The normalized spacial score (nSPS) is 30.8. The summed E-state index contributed by atoms with van der Waals surface area (Å²) < 4.78 is 0. The van der Waals surface area contributed by atoms with Crippen molar-refractivity contribution in [2.75, 3.05) is 6.54 Å². The lowest BCUT2D eigenvalue weighted by molar-refractivity contribution is -0.136. The molecule has 1 unspecified atom stereocenters. The molecule has 2 fully saturated rings. The van der Waals surface area contributed by atoms with Gasteiger partial charge >= 0.3 is 0 Å². The SMILES string of the molecule is NC(=O)C1(C2CCCNC2=O)CC1. The molecule has 1 atom stereocenters. The molecule has 2 rings (SSSR count). The Kier molecular flexibility index (Phi) is 1.78. The van der Waals surface area contributed by atoms with E-state index in [2.05, 4.69) is 5.32 Å². The molecule has 3 N–H and O–H groups in total. The first-order chi connectivity index (χ1) is 6.17. The van der Waals surface area contributed by atoms with Crippen LogP contribution in [0.25, 0.3) is 0 Å². The molecule has 1 aliphatic heterocycles. The van der Waals surface area contributed by atoms with Gasteiger partial charge in [-0.3, -0.25) is 9.59 Å². The first-order valence-electron chi connectivity index (χ1n) is 4.74. The van der Waals surface area contributed by atoms with Gasteiger partial charge in [-0.2, -0.15) is 0 Å². The summed E-state index contributed by atoms with van der Waals surface area (Å²) in [5, 5.41) is 2.79. The predicted octanol–water partition coefficient (Wildman–Crippen LogP) is -0.222. The molecule has 1 aliphatic carbocycles. The maximum Gasteiger partial charge on any atom is 0.224 e. The van der Waals surface area contributed by atoms with Crippen LogP contribution in [0.1, 0.15) is 25.7 Å². The minimum Gasteiger partial charge on any atom is -0.369 e. The summed E-state index contributed by atoms with van der Waals surface area (Å²) in [5.74, 6) is -0.434. The molecule has 4 nitrogen and oxygen atoms in total. The summed E-state index contributed by atoms with van der Waals surface area (Å²) in [6, 6.07) is 0. The van der Waals surface area contributed by atoms with Crippen LogP contribution in [0, 0.1) is 11.3 Å². The standard InChI is InChI=1S/C9H14N2O2/c10-8(13)9(3-4-9)6-2-1-5-11-7(6)12/h6H,1-5H2,(H2,10,13)(H,11,12). The van der Waals surface area contributed by atoms with E-state index in [-0.39, 0.29) is 17.7 Å². The number of piperidine rings is 1. The van der Waals surface area contributed by atoms with Crippen LogP contribution >= 0.6 is 0 Å². The molecule has 2 amide bonds. The fourth-order valence-corrected chi connectivity index (χ4v) is 2.20. The molecule has 0 aromatic heterocycles. The third kappa shape index (κ3) is 1.20. The topological polar surface area (TPSA) is 72.2 Å². The van der Waals surface area contributed by atoms with Gasteiger partial charge in [-0.05, 0) is 25.7 Å². The Morgan fingerprint density at radius 2 is 2.23 bits per heavy atom. The van der Waals surface area contributed by atoms with Gasteiger partial charge in [-0.1, -0.05) is 0 Å². The molecule has 72 valence electrons. The van der Waals surface area contributed by atoms with Gasteiger partial charge in [-0.15, -0.1) is 0 Å². The van der Waals surface area contributed by atoms with E-state index in [4.69, 9.17) is 5.73 Å². The second kappa shape index (κ2) is 2.72. The average molecular weight is 182 g/mol. The van der Waals surface area contributed by atoms with Gasteiger partial charge in [0.15, 0.2) is 0 Å². The highest BCUT2D eigenvalue weighted by atomic mass is 16.2. The number of hydrogen-bond donors (Lipinski definition) is 2. The summed E-state index contributed by atoms with van der Waals surface area (Å²) in [5.41, 5.74) is 4.83. The molecule has 0 bridgehead atoms. The van der Waals surface area contributed by atoms with Gasteiger partial charge in [0.05, 0.1) is 11.3 Å². The molecular weight excluding hydrogens is 168 g/mol. The van der Waals surface area contributed by atoms with E-state index < -0.39 is 5.41 Å². The predicted molar refractivity (Wildman–Crippen MR) is 46.6 cm³/mol. The number of carbonyl (C=O) groups is 2. The second-order valence-corrected chi connectivity index (χ2v) is 4.01. The van der Waals surface area contributed by atoms with Gasteiger partial charge in [0.2, 0.25) is 11.8 Å². The van der Waals surface area contributed by atoms with Gasteiger partial charge < -0.3 is 11.1 Å². The van der Waals surface area contributed by atoms with Crippen LogP contribution in [0.4, 0.5) is 0 Å². The molecule has 0 radical (unpaired) electrons. The highest BCUT2D eigenvalue weighted by Gasteiger charge is 2.57. The molecule has 1 saturated heterocycles. The number of nitrogens with two attached hydrogens (primary N) is 1. The van der Waals surface area contributed by atoms with E-state index in [1.54, 1.807) is 0 Å². The third-order valence-corrected chi connectivity index (χ3v) is 3.23. The maximum absolute atomic E-state index is 11.5. The van der Waals surface area contributed by atoms with Crippen LogP contribution in [-0.2, 0) is 9.59 Å². The van der Waals surface area contributed by atoms with Crippen LogP contribution in [-0.4, -0.2) is 18.4 Å². The van der Waals surface area contributed by atoms with Crippen LogP contribution in [0.2, 0.25) is 0 Å². The molecule has 13 heavy (non-hydrogen) atoms. The van der Waals surface area contributed by atoms with E-state index in [0.717, 1.165) is 32.2 Å². The molecule has 1 saturated carbocycles. The van der Waals surface area contributed by atoms with Crippen LogP contribution in [0.15, 0.2) is 0 Å². The first kappa shape index (κ1) is 8.53. The fraction of sp³-hybridized carbons (Fsp3) is 0.778. The van der Waals surface area contributed by atoms with Gasteiger partial charge in [0.1, 0.15) is 0 Å². The van der Waals surface area contributed by atoms with Crippen molar-refractivity contribution in [3.8, 4) is 0 Å². The van der Waals surface area contributed by atoms with Crippen LogP contribution in [0.5, 0.6) is 0 Å². The molecule has 0 spiro atoms. The molecule has 1 heterocycles. The average Bonchev–Trinajstić information content (AvgIpc) is 2.85. The van der Waals surface area contributed by atoms with Crippen molar-refractivity contribution in [3.05, 3.63) is 0 Å². The Bertz CT molecular complexity index is 258. The van der Waals surface area contributed by atoms with E-state index in [1.807, 2.05) is 0 Å². The summed E-state index contributed by atoms with van der Waals surface area (Å²) >= 11 is 0. The van der Waals surface area contributed by atoms with Gasteiger partial charge in [-0.25, -0.2) is 0 Å². The van der Waals surface area contributed by atoms with Crippen molar-refractivity contribution < 1.29 is 9.59 Å². The number of nitrogens with one attached hydrogen (secondary N) is 1. The fourth-order valence-electron chi connectivity index (χ4n) is 2.20. The summed E-state index contributed by atoms with van der Waals surface area (Å²) in [4.78, 5) is 22.6. The molecule has 2 aliphatic rings. The minimum atomic E-state index is -0.482. The second-order valence-electron chi connectivity index (χ2n) is 4.01. The Hall–Kier alpha value is -1.06. The zero-order valence-corrected chi connectivity index (χ0v) is 7.51. The maximum atomic E-state index is 11.5. The van der Waals surface area contributed by atoms with E-state index in [1.165, 1.54) is 0 Å². The van der Waals surface area contributed by atoms with E-state index >= 15 is 0 Å². The summed E-state index contributed by atoms with van der Waals surface area (Å²) in [6.45, 7) is 0.740. The lowest BCUT2D eigenvalue weighted by Gasteiger charge is -2.27. The Morgan fingerprint density at radius 3 is 2.69 bits per heavy atom. The zero-order valence-electron chi connectivity index (χ0n) is 7.51. The zero-order chi connectivity index (χ0) is 9.47. The largest absolute Gasteiger partial charge is 0.369 e. The van der Waals surface area contributed by atoms with Crippen molar-refractivity contribution in [2.45, 2.75) is 25.7 Å². The Balaban J connectivity index is 2.14. The monoisotopic (exact) mass is 182 g/mol. The lowest BCUT2D eigenvalue weighted by atomic mass is 9.82. The lowest BCUT2D eigenvalue weighted by Crippen LogP contribution is -2.45. The molecular formula is C9H14N2O2. The van der Waals surface area contributed by atoms with E-state index in [0.29, 0.717) is 0 Å². The van der Waals surface area contributed by atoms with Crippen LogP contribution < -0.4 is 11.1 Å². The summed E-state index contributed by atoms with van der Waals surface area (Å²) in [6.07, 6.45) is 3.36. The van der Waals surface area contributed by atoms with Crippen molar-refractivity contribution >= 4 is 11.8 Å². The van der Waals surface area contributed by atoms with Crippen molar-refractivity contribution in [1.82, 2.24) is 5.32 Å². The highest BCUT2D eigenvalue weighted by molar-refractivity contribution is 5.92. The third-order valence-electron chi connectivity index (χ3n) is 3.23. The van der Waals surface area contributed by atoms with Crippen molar-refractivity contribution in [2.24, 2.45) is 17.1 Å².